The fourth-order valence-corrected chi connectivity index (χ4v) is 8.46. The summed E-state index contributed by atoms with van der Waals surface area (Å²) in [6.07, 6.45) is 11.7. The Hall–Kier alpha value is -0.830. The number of ether oxygens (including phenoxy) is 1. The molecule has 0 aromatic rings. The number of hydrogen-bond acceptors (Lipinski definition) is 2. The minimum atomic E-state index is 0.311. The maximum Gasteiger partial charge on any atom is 0.222 e. The van der Waals surface area contributed by atoms with Crippen LogP contribution in [0.4, 0.5) is 0 Å². The van der Waals surface area contributed by atoms with E-state index in [1.165, 1.54) is 38.5 Å². The number of amides is 1. The van der Waals surface area contributed by atoms with E-state index in [-0.39, 0.29) is 0 Å². The molecule has 0 aromatic carbocycles. The second-order valence-corrected chi connectivity index (χ2v) is 10.3. The van der Waals surface area contributed by atoms with Crippen LogP contribution >= 0.6 is 0 Å². The first-order valence-corrected chi connectivity index (χ1v) is 11.4. The van der Waals surface area contributed by atoms with Gasteiger partial charge >= 0.3 is 0 Å². The van der Waals surface area contributed by atoms with Crippen LogP contribution in [0.2, 0.25) is 0 Å². The fourth-order valence-electron chi connectivity index (χ4n) is 8.46. The molecule has 3 heteroatoms. The molecule has 0 spiro atoms. The third-order valence-electron chi connectivity index (χ3n) is 9.60. The molecule has 3 saturated carbocycles. The Kier molecular flexibility index (Phi) is 4.98. The quantitative estimate of drug-likeness (QED) is 0.645. The maximum absolute atomic E-state index is 12.3. The van der Waals surface area contributed by atoms with Crippen LogP contribution in [0.1, 0.15) is 72.1 Å². The van der Waals surface area contributed by atoms with E-state index in [2.05, 4.69) is 39.3 Å². The van der Waals surface area contributed by atoms with Crippen LogP contribution in [-0.2, 0) is 9.53 Å². The zero-order chi connectivity index (χ0) is 19.4. The molecule has 27 heavy (non-hydrogen) atoms. The number of fused-ring (bicyclic) bond motifs is 5. The van der Waals surface area contributed by atoms with Crippen molar-refractivity contribution in [2.75, 3.05) is 13.7 Å². The van der Waals surface area contributed by atoms with Crippen LogP contribution in [0.3, 0.4) is 0 Å². The van der Waals surface area contributed by atoms with Gasteiger partial charge in [0.25, 0.3) is 0 Å². The Morgan fingerprint density at radius 3 is 2.78 bits per heavy atom. The van der Waals surface area contributed by atoms with Gasteiger partial charge in [0.05, 0.1) is 12.7 Å². The minimum Gasteiger partial charge on any atom is -0.374 e. The average molecular weight is 374 g/mol. The van der Waals surface area contributed by atoms with Crippen molar-refractivity contribution in [2.24, 2.45) is 34.5 Å². The van der Waals surface area contributed by atoms with E-state index >= 15 is 0 Å². The molecule has 0 bridgehead atoms. The SMILES string of the molecule is C=CCOC1C[C@H](C)C2C3CCC4N(C)C(=O)CC[C@]4(C)C3CCC12CC. The Balaban J connectivity index is 1.64. The molecule has 1 amide bonds. The van der Waals surface area contributed by atoms with Crippen LogP contribution in [0.5, 0.6) is 0 Å². The number of hydrogen-bond donors (Lipinski definition) is 0. The zero-order valence-electron chi connectivity index (χ0n) is 17.9. The molecule has 0 N–H and O–H groups in total. The molecule has 152 valence electrons. The molecule has 6 unspecified atom stereocenters. The summed E-state index contributed by atoms with van der Waals surface area (Å²) in [5.74, 6) is 3.49. The molecule has 1 aliphatic heterocycles. The van der Waals surface area contributed by atoms with Crippen LogP contribution in [0.15, 0.2) is 12.7 Å². The van der Waals surface area contributed by atoms with Gasteiger partial charge < -0.3 is 9.64 Å². The summed E-state index contributed by atoms with van der Waals surface area (Å²) in [5, 5.41) is 0. The number of carbonyl (C=O) groups excluding carboxylic acids is 1. The highest BCUT2D eigenvalue weighted by Gasteiger charge is 2.64. The van der Waals surface area contributed by atoms with Gasteiger partial charge in [0.15, 0.2) is 0 Å². The highest BCUT2D eigenvalue weighted by molar-refractivity contribution is 5.77. The van der Waals surface area contributed by atoms with Crippen LogP contribution in [-0.4, -0.2) is 36.6 Å². The second kappa shape index (κ2) is 6.90. The minimum absolute atomic E-state index is 0.311. The van der Waals surface area contributed by atoms with Gasteiger partial charge in [-0.05, 0) is 79.4 Å². The Morgan fingerprint density at radius 2 is 2.07 bits per heavy atom. The first-order valence-electron chi connectivity index (χ1n) is 11.4. The maximum atomic E-state index is 12.3. The molecule has 3 nitrogen and oxygen atoms in total. The Labute approximate surface area is 165 Å². The van der Waals surface area contributed by atoms with Gasteiger partial charge in [0.2, 0.25) is 5.91 Å². The normalized spacial score (nSPS) is 49.3. The lowest BCUT2D eigenvalue weighted by atomic mass is 9.46. The molecule has 4 fully saturated rings. The van der Waals surface area contributed by atoms with Crippen molar-refractivity contribution in [2.45, 2.75) is 84.3 Å². The molecule has 1 saturated heterocycles. The third-order valence-corrected chi connectivity index (χ3v) is 9.60. The molecule has 8 atom stereocenters. The van der Waals surface area contributed by atoms with E-state index in [0.29, 0.717) is 35.5 Å². The summed E-state index contributed by atoms with van der Waals surface area (Å²) in [6.45, 7) is 12.0. The fraction of sp³-hybridized carbons (Fsp3) is 0.875. The summed E-state index contributed by atoms with van der Waals surface area (Å²) in [5.41, 5.74) is 0.675. The first kappa shape index (κ1) is 19.5. The molecule has 0 aromatic heterocycles. The molecule has 3 aliphatic carbocycles. The Bertz CT molecular complexity index is 603. The number of nitrogens with zero attached hydrogens (tertiary/aromatic N) is 1. The highest BCUT2D eigenvalue weighted by Crippen LogP contribution is 2.67. The van der Waals surface area contributed by atoms with E-state index < -0.39 is 0 Å². The monoisotopic (exact) mass is 373 g/mol. The predicted molar refractivity (Wildman–Crippen MR) is 109 cm³/mol. The van der Waals surface area contributed by atoms with Crippen molar-refractivity contribution >= 4 is 5.91 Å². The lowest BCUT2D eigenvalue weighted by Gasteiger charge is -2.62. The van der Waals surface area contributed by atoms with Gasteiger partial charge in [-0.1, -0.05) is 26.8 Å². The summed E-state index contributed by atoms with van der Waals surface area (Å²) in [4.78, 5) is 14.4. The van der Waals surface area contributed by atoms with Gasteiger partial charge in [-0.3, -0.25) is 4.79 Å². The first-order chi connectivity index (χ1) is 12.9. The van der Waals surface area contributed by atoms with Gasteiger partial charge in [-0.25, -0.2) is 0 Å². The number of likely N-dealkylation sites (tertiary alicyclic amines) is 1. The topological polar surface area (TPSA) is 29.5 Å². The molecule has 4 aliphatic rings. The van der Waals surface area contributed by atoms with Crippen molar-refractivity contribution in [1.29, 1.82) is 0 Å². The van der Waals surface area contributed by atoms with Gasteiger partial charge in [-0.2, -0.15) is 0 Å². The second-order valence-electron chi connectivity index (χ2n) is 10.3. The number of piperidine rings is 1. The summed E-state index contributed by atoms with van der Waals surface area (Å²) < 4.78 is 6.36. The van der Waals surface area contributed by atoms with Crippen molar-refractivity contribution in [3.05, 3.63) is 12.7 Å². The lowest BCUT2D eigenvalue weighted by Crippen LogP contribution is -2.62. The van der Waals surface area contributed by atoms with Crippen LogP contribution in [0, 0.1) is 34.5 Å². The molecular formula is C24H39NO2. The number of carbonyl (C=O) groups is 1. The smallest absolute Gasteiger partial charge is 0.222 e. The van der Waals surface area contributed by atoms with Crippen molar-refractivity contribution in [3.63, 3.8) is 0 Å². The van der Waals surface area contributed by atoms with Crippen LogP contribution in [0.25, 0.3) is 0 Å². The average Bonchev–Trinajstić information content (AvgIpc) is 2.96. The summed E-state index contributed by atoms with van der Waals surface area (Å²) in [6, 6.07) is 0.457. The molecule has 0 radical (unpaired) electrons. The van der Waals surface area contributed by atoms with Gasteiger partial charge in [0.1, 0.15) is 0 Å². The predicted octanol–water partition coefficient (Wildman–Crippen LogP) is 5.06. The zero-order valence-corrected chi connectivity index (χ0v) is 17.9. The van der Waals surface area contributed by atoms with Crippen molar-refractivity contribution < 1.29 is 9.53 Å². The van der Waals surface area contributed by atoms with E-state index in [1.54, 1.807) is 0 Å². The van der Waals surface area contributed by atoms with Gasteiger partial charge in [0, 0.05) is 19.5 Å². The van der Waals surface area contributed by atoms with E-state index in [9.17, 15) is 4.79 Å². The summed E-state index contributed by atoms with van der Waals surface area (Å²) in [7, 11) is 2.06. The largest absolute Gasteiger partial charge is 0.374 e. The molecule has 1 heterocycles. The van der Waals surface area contributed by atoms with Crippen molar-refractivity contribution in [3.8, 4) is 0 Å². The summed E-state index contributed by atoms with van der Waals surface area (Å²) >= 11 is 0. The van der Waals surface area contributed by atoms with E-state index in [0.717, 1.165) is 36.5 Å². The Morgan fingerprint density at radius 1 is 1.30 bits per heavy atom. The highest BCUT2D eigenvalue weighted by atomic mass is 16.5. The number of rotatable bonds is 4. The molecular weight excluding hydrogens is 334 g/mol. The van der Waals surface area contributed by atoms with E-state index in [4.69, 9.17) is 4.74 Å². The van der Waals surface area contributed by atoms with Gasteiger partial charge in [-0.15, -0.1) is 6.58 Å². The molecule has 4 rings (SSSR count). The lowest BCUT2D eigenvalue weighted by molar-refractivity contribution is -0.165. The van der Waals surface area contributed by atoms with E-state index in [1.807, 2.05) is 6.08 Å². The standard InChI is InChI=1S/C24H39NO2/c1-6-14-27-20-15-16(3)22-17-8-9-19-23(4,12-11-21(26)25(19)5)18(17)10-13-24(20,22)7-2/h6,16-20,22H,1,7-15H2,2-5H3/t16-,17?,18?,19?,20?,22?,23+,24?/m0/s1. The van der Waals surface area contributed by atoms with Crippen LogP contribution < -0.4 is 0 Å². The third kappa shape index (κ3) is 2.67. The van der Waals surface area contributed by atoms with Crippen molar-refractivity contribution in [1.82, 2.24) is 4.90 Å².